The van der Waals surface area contributed by atoms with Gasteiger partial charge in [0.2, 0.25) is 5.91 Å². The number of nitrogens with one attached hydrogen (secondary N) is 1. The van der Waals surface area contributed by atoms with E-state index in [4.69, 9.17) is 22.1 Å². The van der Waals surface area contributed by atoms with Gasteiger partial charge in [-0.05, 0) is 35.9 Å². The van der Waals surface area contributed by atoms with Crippen LogP contribution in [0.5, 0.6) is 5.75 Å². The molecule has 2 aromatic carbocycles. The molecule has 0 saturated carbocycles. The van der Waals surface area contributed by atoms with Gasteiger partial charge in [-0.15, -0.1) is 0 Å². The second-order valence-electron chi connectivity index (χ2n) is 5.11. The van der Waals surface area contributed by atoms with Crippen LogP contribution in [0.1, 0.15) is 15.9 Å². The number of amides is 2. The fourth-order valence-electron chi connectivity index (χ4n) is 2.17. The van der Waals surface area contributed by atoms with E-state index in [-0.39, 0.29) is 12.3 Å². The first-order valence-electron chi connectivity index (χ1n) is 7.09. The van der Waals surface area contributed by atoms with Crippen molar-refractivity contribution < 1.29 is 14.3 Å². The van der Waals surface area contributed by atoms with Crippen LogP contribution in [0.4, 0.5) is 0 Å². The van der Waals surface area contributed by atoms with Crippen molar-refractivity contribution in [3.8, 4) is 5.75 Å². The molecule has 24 heavy (non-hydrogen) atoms. The average molecular weight is 412 g/mol. The van der Waals surface area contributed by atoms with Gasteiger partial charge in [0, 0.05) is 16.5 Å². The molecule has 0 fully saturated rings. The SMILES string of the molecule is COc1ccc(C[C@@H](NC(=O)c2cccc(Br)c2)C(N)=O)cc1Cl. The molecule has 0 heterocycles. The fraction of sp³-hybridized carbons (Fsp3) is 0.176. The normalized spacial score (nSPS) is 11.6. The van der Waals surface area contributed by atoms with Crippen LogP contribution >= 0.6 is 27.5 Å². The molecule has 2 rings (SSSR count). The minimum atomic E-state index is -0.846. The third-order valence-corrected chi connectivity index (χ3v) is 4.18. The molecule has 0 aliphatic rings. The van der Waals surface area contributed by atoms with E-state index in [0.717, 1.165) is 10.0 Å². The second-order valence-corrected chi connectivity index (χ2v) is 6.43. The summed E-state index contributed by atoms with van der Waals surface area (Å²) in [6, 6.07) is 11.2. The summed E-state index contributed by atoms with van der Waals surface area (Å²) in [6.45, 7) is 0. The van der Waals surface area contributed by atoms with Crippen LogP contribution in [0.3, 0.4) is 0 Å². The highest BCUT2D eigenvalue weighted by atomic mass is 79.9. The predicted molar refractivity (Wildman–Crippen MR) is 96.3 cm³/mol. The summed E-state index contributed by atoms with van der Waals surface area (Å²) in [4.78, 5) is 24.0. The topological polar surface area (TPSA) is 81.4 Å². The Morgan fingerprint density at radius 3 is 2.62 bits per heavy atom. The summed E-state index contributed by atoms with van der Waals surface area (Å²) in [5.41, 5.74) is 6.61. The van der Waals surface area contributed by atoms with Crippen molar-refractivity contribution in [1.82, 2.24) is 5.32 Å². The maximum atomic E-state index is 12.3. The number of nitrogens with two attached hydrogens (primary N) is 1. The molecule has 5 nitrogen and oxygen atoms in total. The van der Waals surface area contributed by atoms with E-state index in [1.165, 1.54) is 7.11 Å². The Morgan fingerprint density at radius 2 is 2.04 bits per heavy atom. The van der Waals surface area contributed by atoms with Gasteiger partial charge in [-0.1, -0.05) is 39.7 Å². The van der Waals surface area contributed by atoms with Crippen LogP contribution in [-0.2, 0) is 11.2 Å². The van der Waals surface area contributed by atoms with Gasteiger partial charge in [-0.25, -0.2) is 0 Å². The third kappa shape index (κ3) is 4.72. The number of hydrogen-bond donors (Lipinski definition) is 2. The Balaban J connectivity index is 2.13. The molecule has 3 N–H and O–H groups in total. The van der Waals surface area contributed by atoms with Gasteiger partial charge in [-0.2, -0.15) is 0 Å². The van der Waals surface area contributed by atoms with Gasteiger partial charge in [-0.3, -0.25) is 9.59 Å². The van der Waals surface area contributed by atoms with Crippen LogP contribution < -0.4 is 15.8 Å². The molecule has 0 radical (unpaired) electrons. The Bertz CT molecular complexity index is 767. The lowest BCUT2D eigenvalue weighted by Gasteiger charge is -2.16. The van der Waals surface area contributed by atoms with Crippen molar-refractivity contribution in [2.75, 3.05) is 7.11 Å². The van der Waals surface area contributed by atoms with Crippen molar-refractivity contribution in [2.24, 2.45) is 5.73 Å². The van der Waals surface area contributed by atoms with Crippen LogP contribution in [0.15, 0.2) is 46.9 Å². The molecule has 2 aromatic rings. The van der Waals surface area contributed by atoms with E-state index in [0.29, 0.717) is 16.3 Å². The smallest absolute Gasteiger partial charge is 0.251 e. The van der Waals surface area contributed by atoms with Crippen LogP contribution in [0.2, 0.25) is 5.02 Å². The maximum absolute atomic E-state index is 12.3. The summed E-state index contributed by atoms with van der Waals surface area (Å²) < 4.78 is 5.86. The highest BCUT2D eigenvalue weighted by Crippen LogP contribution is 2.25. The first-order chi connectivity index (χ1) is 11.4. The molecular formula is C17H16BrClN2O3. The number of methoxy groups -OCH3 is 1. The number of carbonyl (C=O) groups excluding carboxylic acids is 2. The molecule has 0 aliphatic heterocycles. The predicted octanol–water partition coefficient (Wildman–Crippen LogP) is 2.94. The molecule has 0 spiro atoms. The molecule has 7 heteroatoms. The van der Waals surface area contributed by atoms with Crippen molar-refractivity contribution in [3.63, 3.8) is 0 Å². The lowest BCUT2D eigenvalue weighted by molar-refractivity contribution is -0.119. The monoisotopic (exact) mass is 410 g/mol. The number of halogens is 2. The van der Waals surface area contributed by atoms with E-state index < -0.39 is 11.9 Å². The molecule has 1 atom stereocenters. The minimum Gasteiger partial charge on any atom is -0.495 e. The average Bonchev–Trinajstić information content (AvgIpc) is 2.54. The lowest BCUT2D eigenvalue weighted by atomic mass is 10.0. The molecule has 0 bridgehead atoms. The molecular weight excluding hydrogens is 396 g/mol. The molecule has 0 saturated heterocycles. The van der Waals surface area contributed by atoms with Crippen LogP contribution in [0, 0.1) is 0 Å². The summed E-state index contributed by atoms with van der Waals surface area (Å²) in [6.07, 6.45) is 0.235. The second kappa shape index (κ2) is 8.17. The summed E-state index contributed by atoms with van der Waals surface area (Å²) in [5.74, 6) is -0.459. The number of ether oxygens (including phenoxy) is 1. The zero-order valence-corrected chi connectivity index (χ0v) is 15.2. The van der Waals surface area contributed by atoms with Crippen LogP contribution in [-0.4, -0.2) is 25.0 Å². The van der Waals surface area contributed by atoms with Gasteiger partial charge >= 0.3 is 0 Å². The van der Waals surface area contributed by atoms with Gasteiger partial charge in [0.25, 0.3) is 5.91 Å². The van der Waals surface area contributed by atoms with E-state index in [1.54, 1.807) is 36.4 Å². The van der Waals surface area contributed by atoms with E-state index in [1.807, 2.05) is 6.07 Å². The Labute approximate surface area is 153 Å². The number of rotatable bonds is 6. The minimum absolute atomic E-state index is 0.235. The standard InChI is InChI=1S/C17H16BrClN2O3/c1-24-15-6-5-10(7-13(15)19)8-14(16(20)22)21-17(23)11-3-2-4-12(18)9-11/h2-7,9,14H,8H2,1H3,(H2,20,22)(H,21,23)/t14-/m1/s1. The number of carbonyl (C=O) groups is 2. The number of hydrogen-bond acceptors (Lipinski definition) is 3. The van der Waals surface area contributed by atoms with Crippen molar-refractivity contribution in [3.05, 3.63) is 63.1 Å². The van der Waals surface area contributed by atoms with Crippen LogP contribution in [0.25, 0.3) is 0 Å². The van der Waals surface area contributed by atoms with E-state index in [9.17, 15) is 9.59 Å². The Morgan fingerprint density at radius 1 is 1.29 bits per heavy atom. The Hall–Kier alpha value is -2.05. The molecule has 0 unspecified atom stereocenters. The van der Waals surface area contributed by atoms with Gasteiger partial charge in [0.15, 0.2) is 0 Å². The molecule has 2 amide bonds. The highest BCUT2D eigenvalue weighted by Gasteiger charge is 2.20. The summed E-state index contributed by atoms with van der Waals surface area (Å²) in [5, 5.41) is 3.08. The first-order valence-corrected chi connectivity index (χ1v) is 8.26. The van der Waals surface area contributed by atoms with Crippen molar-refractivity contribution in [1.29, 1.82) is 0 Å². The van der Waals surface area contributed by atoms with Gasteiger partial charge in [0.1, 0.15) is 11.8 Å². The lowest BCUT2D eigenvalue weighted by Crippen LogP contribution is -2.45. The quantitative estimate of drug-likeness (QED) is 0.767. The molecule has 126 valence electrons. The maximum Gasteiger partial charge on any atom is 0.251 e. The summed E-state index contributed by atoms with van der Waals surface area (Å²) >= 11 is 9.38. The number of primary amides is 1. The Kier molecular flexibility index (Phi) is 6.23. The fourth-order valence-corrected chi connectivity index (χ4v) is 2.85. The number of benzene rings is 2. The van der Waals surface area contributed by atoms with Gasteiger partial charge < -0.3 is 15.8 Å². The molecule has 0 aliphatic carbocycles. The largest absolute Gasteiger partial charge is 0.495 e. The zero-order valence-electron chi connectivity index (χ0n) is 12.9. The van der Waals surface area contributed by atoms with Gasteiger partial charge in [0.05, 0.1) is 12.1 Å². The third-order valence-electron chi connectivity index (χ3n) is 3.39. The van der Waals surface area contributed by atoms with E-state index >= 15 is 0 Å². The van der Waals surface area contributed by atoms with E-state index in [2.05, 4.69) is 21.2 Å². The summed E-state index contributed by atoms with van der Waals surface area (Å²) in [7, 11) is 1.52. The first kappa shape index (κ1) is 18.3. The highest BCUT2D eigenvalue weighted by molar-refractivity contribution is 9.10. The zero-order chi connectivity index (χ0) is 17.7. The molecule has 0 aromatic heterocycles. The van der Waals surface area contributed by atoms with Crippen molar-refractivity contribution >= 4 is 39.3 Å². The van der Waals surface area contributed by atoms with Crippen molar-refractivity contribution in [2.45, 2.75) is 12.5 Å².